The highest BCUT2D eigenvalue weighted by molar-refractivity contribution is 5.93. The predicted octanol–water partition coefficient (Wildman–Crippen LogP) is 2.18. The number of carbonyl (C=O) groups excluding carboxylic acids is 1. The minimum absolute atomic E-state index is 0.00342. The molecule has 0 radical (unpaired) electrons. The molecule has 0 unspecified atom stereocenters. The number of hydrogen-bond acceptors (Lipinski definition) is 3. The molecule has 2 rings (SSSR count). The first-order valence-corrected chi connectivity index (χ1v) is 6.65. The van der Waals surface area contributed by atoms with E-state index in [0.29, 0.717) is 11.3 Å². The van der Waals surface area contributed by atoms with Crippen molar-refractivity contribution >= 4 is 11.9 Å². The number of rotatable bonds is 5. The van der Waals surface area contributed by atoms with Crippen molar-refractivity contribution in [3.05, 3.63) is 28.8 Å². The molecular formula is C15H19NO4. The highest BCUT2D eigenvalue weighted by atomic mass is 16.5. The van der Waals surface area contributed by atoms with Crippen molar-refractivity contribution in [3.63, 3.8) is 0 Å². The molecule has 5 nitrogen and oxygen atoms in total. The number of hydrogen-bond donors (Lipinski definition) is 2. The highest BCUT2D eigenvalue weighted by Crippen LogP contribution is 2.41. The van der Waals surface area contributed by atoms with E-state index in [-0.39, 0.29) is 6.42 Å². The lowest BCUT2D eigenvalue weighted by atomic mass is 9.77. The first kappa shape index (κ1) is 14.4. The Morgan fingerprint density at radius 2 is 1.85 bits per heavy atom. The van der Waals surface area contributed by atoms with E-state index in [0.717, 1.165) is 30.4 Å². The van der Waals surface area contributed by atoms with E-state index in [2.05, 4.69) is 0 Å². The Morgan fingerprint density at radius 3 is 2.20 bits per heavy atom. The number of nitrogens with two attached hydrogens (primary N) is 1. The third kappa shape index (κ3) is 2.76. The molecule has 0 atom stereocenters. The molecule has 0 saturated heterocycles. The molecular weight excluding hydrogens is 258 g/mol. The molecule has 3 N–H and O–H groups in total. The molecule has 1 aromatic rings. The van der Waals surface area contributed by atoms with Gasteiger partial charge in [-0.1, -0.05) is 0 Å². The van der Waals surface area contributed by atoms with Gasteiger partial charge in [0.25, 0.3) is 0 Å². The van der Waals surface area contributed by atoms with Crippen LogP contribution in [0.1, 0.15) is 47.2 Å². The van der Waals surface area contributed by atoms with Gasteiger partial charge in [-0.3, -0.25) is 9.59 Å². The second-order valence-electron chi connectivity index (χ2n) is 5.51. The lowest BCUT2D eigenvalue weighted by Crippen LogP contribution is -2.45. The molecule has 1 amide bonds. The molecule has 0 aromatic heterocycles. The first-order chi connectivity index (χ1) is 9.33. The minimum Gasteiger partial charge on any atom is -0.486 e. The summed E-state index contributed by atoms with van der Waals surface area (Å²) in [6, 6.07) is 3.36. The molecule has 1 saturated carbocycles. The van der Waals surface area contributed by atoms with Gasteiger partial charge in [0.05, 0.1) is 6.42 Å². The molecule has 1 aliphatic rings. The van der Waals surface area contributed by atoms with Gasteiger partial charge in [-0.15, -0.1) is 0 Å². The van der Waals surface area contributed by atoms with Gasteiger partial charge in [0.1, 0.15) is 11.4 Å². The van der Waals surface area contributed by atoms with Gasteiger partial charge in [-0.05, 0) is 56.4 Å². The Morgan fingerprint density at radius 1 is 1.30 bits per heavy atom. The summed E-state index contributed by atoms with van der Waals surface area (Å²) in [5, 5.41) is 9.01. The van der Waals surface area contributed by atoms with E-state index in [1.54, 1.807) is 12.1 Å². The van der Waals surface area contributed by atoms with Crippen molar-refractivity contribution in [2.24, 2.45) is 5.73 Å². The Balaban J connectivity index is 2.29. The van der Waals surface area contributed by atoms with Gasteiger partial charge in [0.15, 0.2) is 0 Å². The maximum absolute atomic E-state index is 11.2. The van der Waals surface area contributed by atoms with E-state index in [1.165, 1.54) is 0 Å². The smallest absolute Gasteiger partial charge is 0.307 e. The number of carbonyl (C=O) groups is 2. The second kappa shape index (κ2) is 5.15. The van der Waals surface area contributed by atoms with E-state index in [9.17, 15) is 9.59 Å². The van der Waals surface area contributed by atoms with Crippen LogP contribution in [0.2, 0.25) is 0 Å². The van der Waals surface area contributed by atoms with Crippen LogP contribution in [0, 0.1) is 13.8 Å². The fourth-order valence-electron chi connectivity index (χ4n) is 2.63. The molecule has 0 heterocycles. The highest BCUT2D eigenvalue weighted by Gasteiger charge is 2.42. The molecule has 0 aliphatic heterocycles. The average molecular weight is 277 g/mol. The Labute approximate surface area is 117 Å². The Bertz CT molecular complexity index is 538. The zero-order chi connectivity index (χ0) is 14.9. The zero-order valence-electron chi connectivity index (χ0n) is 11.7. The van der Waals surface area contributed by atoms with E-state index < -0.39 is 17.5 Å². The van der Waals surface area contributed by atoms with Gasteiger partial charge in [-0.2, -0.15) is 0 Å². The van der Waals surface area contributed by atoms with Gasteiger partial charge >= 0.3 is 5.97 Å². The summed E-state index contributed by atoms with van der Waals surface area (Å²) >= 11 is 0. The third-order valence-corrected chi connectivity index (χ3v) is 3.80. The molecule has 20 heavy (non-hydrogen) atoms. The molecule has 0 bridgehead atoms. The van der Waals surface area contributed by atoms with Crippen molar-refractivity contribution in [1.82, 2.24) is 0 Å². The van der Waals surface area contributed by atoms with Crippen molar-refractivity contribution in [3.8, 4) is 5.75 Å². The lowest BCUT2D eigenvalue weighted by molar-refractivity contribution is -0.144. The molecule has 1 aliphatic carbocycles. The summed E-state index contributed by atoms with van der Waals surface area (Å²) in [4.78, 5) is 22.2. The van der Waals surface area contributed by atoms with Crippen molar-refractivity contribution in [1.29, 1.82) is 0 Å². The maximum Gasteiger partial charge on any atom is 0.307 e. The normalized spacial score (nSPS) is 16.3. The van der Waals surface area contributed by atoms with Crippen molar-refractivity contribution in [2.45, 2.75) is 45.1 Å². The van der Waals surface area contributed by atoms with Crippen LogP contribution in [-0.4, -0.2) is 22.6 Å². The Hall–Kier alpha value is -2.04. The van der Waals surface area contributed by atoms with E-state index >= 15 is 0 Å². The van der Waals surface area contributed by atoms with Crippen LogP contribution < -0.4 is 10.5 Å². The number of aliphatic carboxylic acids is 1. The summed E-state index contributed by atoms with van der Waals surface area (Å²) in [7, 11) is 0. The SMILES string of the molecule is Cc1cc(C(N)=O)cc(C)c1OC1(CC(=O)O)CCC1. The van der Waals surface area contributed by atoms with Gasteiger partial charge in [0.2, 0.25) is 5.91 Å². The van der Waals surface area contributed by atoms with Gasteiger partial charge < -0.3 is 15.6 Å². The number of ether oxygens (including phenoxy) is 1. The monoisotopic (exact) mass is 277 g/mol. The van der Waals surface area contributed by atoms with E-state index in [4.69, 9.17) is 15.6 Å². The molecule has 108 valence electrons. The minimum atomic E-state index is -0.853. The van der Waals surface area contributed by atoms with Crippen LogP contribution >= 0.6 is 0 Å². The third-order valence-electron chi connectivity index (χ3n) is 3.80. The summed E-state index contributed by atoms with van der Waals surface area (Å²) in [5.74, 6) is -0.670. The van der Waals surface area contributed by atoms with Crippen molar-refractivity contribution in [2.75, 3.05) is 0 Å². The number of primary amides is 1. The molecule has 0 spiro atoms. The summed E-state index contributed by atoms with van der Waals surface area (Å²) in [5.41, 5.74) is 6.71. The molecule has 5 heteroatoms. The van der Waals surface area contributed by atoms with E-state index in [1.807, 2.05) is 13.8 Å². The fourth-order valence-corrected chi connectivity index (χ4v) is 2.63. The van der Waals surface area contributed by atoms with Gasteiger partial charge in [0, 0.05) is 5.56 Å². The quantitative estimate of drug-likeness (QED) is 0.863. The number of benzene rings is 1. The van der Waals surface area contributed by atoms with Crippen LogP contribution in [0.5, 0.6) is 5.75 Å². The summed E-state index contributed by atoms with van der Waals surface area (Å²) < 4.78 is 6.01. The van der Waals surface area contributed by atoms with Gasteiger partial charge in [-0.25, -0.2) is 0 Å². The fraction of sp³-hybridized carbons (Fsp3) is 0.467. The zero-order valence-corrected chi connectivity index (χ0v) is 11.7. The largest absolute Gasteiger partial charge is 0.486 e. The Kier molecular flexibility index (Phi) is 3.70. The first-order valence-electron chi connectivity index (χ1n) is 6.65. The summed E-state index contributed by atoms with van der Waals surface area (Å²) in [6.07, 6.45) is 2.47. The predicted molar refractivity (Wildman–Crippen MR) is 73.9 cm³/mol. The van der Waals surface area contributed by atoms with Crippen LogP contribution in [0.25, 0.3) is 0 Å². The number of aryl methyl sites for hydroxylation is 2. The topological polar surface area (TPSA) is 89.6 Å². The maximum atomic E-state index is 11.2. The van der Waals surface area contributed by atoms with Crippen LogP contribution in [0.4, 0.5) is 0 Å². The molecule has 1 fully saturated rings. The number of carboxylic acids is 1. The number of amides is 1. The van der Waals surface area contributed by atoms with Crippen LogP contribution in [0.15, 0.2) is 12.1 Å². The lowest BCUT2D eigenvalue weighted by Gasteiger charge is -2.41. The number of carboxylic acid groups (broad SMARTS) is 1. The molecule has 1 aromatic carbocycles. The van der Waals surface area contributed by atoms with Crippen LogP contribution in [0.3, 0.4) is 0 Å². The standard InChI is InChI=1S/C15H19NO4/c1-9-6-11(14(16)19)7-10(2)13(9)20-15(4-3-5-15)8-12(17)18/h6-7H,3-5,8H2,1-2H3,(H2,16,19)(H,17,18). The summed E-state index contributed by atoms with van der Waals surface area (Å²) in [6.45, 7) is 3.67. The average Bonchev–Trinajstić information content (AvgIpc) is 2.29. The van der Waals surface area contributed by atoms with Crippen LogP contribution in [-0.2, 0) is 4.79 Å². The van der Waals surface area contributed by atoms with Crippen molar-refractivity contribution < 1.29 is 19.4 Å². The second-order valence-corrected chi connectivity index (χ2v) is 5.51.